The molecule has 0 fully saturated rings. The van der Waals surface area contributed by atoms with Crippen LogP contribution >= 0.6 is 0 Å². The summed E-state index contributed by atoms with van der Waals surface area (Å²) in [5.41, 5.74) is 9.33. The second-order valence-electron chi connectivity index (χ2n) is 3.20. The van der Waals surface area contributed by atoms with Gasteiger partial charge < -0.3 is 5.73 Å². The third kappa shape index (κ3) is 1.43. The number of rotatable bonds is 0. The molecule has 1 aromatic rings. The lowest BCUT2D eigenvalue weighted by atomic mass is 10.1. The first kappa shape index (κ1) is 9.07. The summed E-state index contributed by atoms with van der Waals surface area (Å²) >= 11 is 0. The number of hydrogen-bond acceptors (Lipinski definition) is 2. The second kappa shape index (κ2) is 3.15. The van der Waals surface area contributed by atoms with E-state index in [0.29, 0.717) is 0 Å². The largest absolute Gasteiger partial charge is 0.399 e. The molecule has 12 heavy (non-hydrogen) atoms. The van der Waals surface area contributed by atoms with Gasteiger partial charge in [-0.2, -0.15) is 0 Å². The number of benzene rings is 1. The van der Waals surface area contributed by atoms with Crippen LogP contribution in [-0.4, -0.2) is 11.9 Å². The first-order chi connectivity index (χ1) is 5.25. The lowest BCUT2D eigenvalue weighted by Gasteiger charge is -2.02. The maximum absolute atomic E-state index is 5.66. The highest BCUT2D eigenvalue weighted by Crippen LogP contribution is 2.22. The van der Waals surface area contributed by atoms with Crippen molar-refractivity contribution in [3.05, 3.63) is 29.3 Å². The number of fused-ring (bicyclic) bond motifs is 1. The van der Waals surface area contributed by atoms with Gasteiger partial charge in [-0.1, -0.05) is 13.5 Å². The summed E-state index contributed by atoms with van der Waals surface area (Å²) in [6.07, 6.45) is 0. The van der Waals surface area contributed by atoms with Gasteiger partial charge >= 0.3 is 0 Å². The molecule has 1 aliphatic heterocycles. The van der Waals surface area contributed by atoms with Crippen LogP contribution in [-0.2, 0) is 13.1 Å². The van der Waals surface area contributed by atoms with Gasteiger partial charge in [-0.05, 0) is 30.3 Å². The van der Waals surface area contributed by atoms with Crippen LogP contribution in [0, 0.1) is 0 Å². The van der Waals surface area contributed by atoms with Crippen LogP contribution in [0.4, 0.5) is 5.69 Å². The normalized spacial score (nSPS) is 15.4. The first-order valence-electron chi connectivity index (χ1n) is 3.81. The molecule has 0 unspecified atom stereocenters. The van der Waals surface area contributed by atoms with Gasteiger partial charge in [0.05, 0.1) is 0 Å². The van der Waals surface area contributed by atoms with Gasteiger partial charge in [0.1, 0.15) is 0 Å². The minimum absolute atomic E-state index is 0. The Hall–Kier alpha value is -1.02. The Morgan fingerprint density at radius 3 is 2.67 bits per heavy atom. The molecule has 0 aliphatic carbocycles. The molecule has 2 rings (SSSR count). The number of nitrogens with two attached hydrogens (primary N) is 1. The molecule has 0 radical (unpaired) electrons. The van der Waals surface area contributed by atoms with Crippen molar-refractivity contribution in [2.45, 2.75) is 20.5 Å². The van der Waals surface area contributed by atoms with Crippen molar-refractivity contribution in [2.24, 2.45) is 0 Å². The molecule has 1 aliphatic rings. The lowest BCUT2D eigenvalue weighted by Crippen LogP contribution is -2.07. The Labute approximate surface area is 74.0 Å². The third-order valence-electron chi connectivity index (χ3n) is 2.11. The van der Waals surface area contributed by atoms with Crippen LogP contribution in [0.1, 0.15) is 18.6 Å². The number of nitrogen functional groups attached to an aromatic ring is 1. The smallest absolute Gasteiger partial charge is 0.0317 e. The molecule has 0 saturated heterocycles. The second-order valence-corrected chi connectivity index (χ2v) is 3.20. The Balaban J connectivity index is 0.000000720. The Morgan fingerprint density at radius 2 is 1.92 bits per heavy atom. The molecule has 0 bridgehead atoms. The van der Waals surface area contributed by atoms with Gasteiger partial charge in [-0.25, -0.2) is 0 Å². The van der Waals surface area contributed by atoms with Crippen LogP contribution in [0.5, 0.6) is 0 Å². The Kier molecular flexibility index (Phi) is 2.38. The van der Waals surface area contributed by atoms with Crippen LogP contribution in [0.2, 0.25) is 0 Å². The maximum atomic E-state index is 5.66. The number of anilines is 1. The highest BCUT2D eigenvalue weighted by molar-refractivity contribution is 5.45. The fourth-order valence-corrected chi connectivity index (χ4v) is 1.58. The molecule has 1 aromatic carbocycles. The van der Waals surface area contributed by atoms with E-state index in [0.717, 1.165) is 18.8 Å². The zero-order valence-electron chi connectivity index (χ0n) is 6.67. The van der Waals surface area contributed by atoms with E-state index >= 15 is 0 Å². The van der Waals surface area contributed by atoms with Crippen LogP contribution < -0.4 is 5.73 Å². The van der Waals surface area contributed by atoms with E-state index in [4.69, 9.17) is 5.73 Å². The third-order valence-corrected chi connectivity index (χ3v) is 2.11. The van der Waals surface area contributed by atoms with Crippen molar-refractivity contribution in [1.82, 2.24) is 4.90 Å². The molecule has 0 spiro atoms. The zero-order valence-corrected chi connectivity index (χ0v) is 6.67. The molecular formula is C10H16N2. The molecule has 66 valence electrons. The van der Waals surface area contributed by atoms with Crippen LogP contribution in [0.3, 0.4) is 0 Å². The van der Waals surface area contributed by atoms with Crippen LogP contribution in [0.25, 0.3) is 0 Å². The molecule has 2 nitrogen and oxygen atoms in total. The summed E-state index contributed by atoms with van der Waals surface area (Å²) in [6.45, 7) is 2.11. The van der Waals surface area contributed by atoms with E-state index in [2.05, 4.69) is 24.1 Å². The Bertz CT molecular complexity index is 281. The van der Waals surface area contributed by atoms with Gasteiger partial charge in [0.15, 0.2) is 0 Å². The fraction of sp³-hybridized carbons (Fsp3) is 0.400. The van der Waals surface area contributed by atoms with E-state index in [-0.39, 0.29) is 7.43 Å². The average Bonchev–Trinajstić information content (AvgIpc) is 2.27. The molecule has 0 amide bonds. The lowest BCUT2D eigenvalue weighted by molar-refractivity contribution is 0.353. The van der Waals surface area contributed by atoms with E-state index < -0.39 is 0 Å². The van der Waals surface area contributed by atoms with E-state index in [9.17, 15) is 0 Å². The van der Waals surface area contributed by atoms with E-state index in [1.807, 2.05) is 6.07 Å². The SMILES string of the molecule is C.CN1Cc2ccc(N)cc2C1. The van der Waals surface area contributed by atoms with Crippen molar-refractivity contribution >= 4 is 5.69 Å². The molecule has 1 heterocycles. The zero-order chi connectivity index (χ0) is 7.84. The number of hydrogen-bond donors (Lipinski definition) is 1. The average molecular weight is 164 g/mol. The van der Waals surface area contributed by atoms with E-state index in [1.54, 1.807) is 0 Å². The summed E-state index contributed by atoms with van der Waals surface area (Å²) in [4.78, 5) is 2.28. The highest BCUT2D eigenvalue weighted by Gasteiger charge is 2.14. The van der Waals surface area contributed by atoms with Crippen molar-refractivity contribution in [1.29, 1.82) is 0 Å². The van der Waals surface area contributed by atoms with Crippen molar-refractivity contribution in [3.63, 3.8) is 0 Å². The predicted octanol–water partition coefficient (Wildman–Crippen LogP) is 1.85. The molecule has 2 N–H and O–H groups in total. The van der Waals surface area contributed by atoms with E-state index in [1.165, 1.54) is 11.1 Å². The van der Waals surface area contributed by atoms with Crippen molar-refractivity contribution < 1.29 is 0 Å². The summed E-state index contributed by atoms with van der Waals surface area (Å²) < 4.78 is 0. The van der Waals surface area contributed by atoms with Crippen LogP contribution in [0.15, 0.2) is 18.2 Å². The van der Waals surface area contributed by atoms with Gasteiger partial charge in [0.25, 0.3) is 0 Å². The molecule has 0 atom stereocenters. The standard InChI is InChI=1S/C9H12N2.CH4/c1-11-5-7-2-3-9(10)4-8(7)6-11;/h2-4H,5-6,10H2,1H3;1H4. The quantitative estimate of drug-likeness (QED) is 0.593. The van der Waals surface area contributed by atoms with Gasteiger partial charge in [-0.15, -0.1) is 0 Å². The summed E-state index contributed by atoms with van der Waals surface area (Å²) in [7, 11) is 2.12. The molecule has 0 saturated carbocycles. The summed E-state index contributed by atoms with van der Waals surface area (Å²) in [5.74, 6) is 0. The minimum atomic E-state index is 0. The van der Waals surface area contributed by atoms with Gasteiger partial charge in [0, 0.05) is 18.8 Å². The maximum Gasteiger partial charge on any atom is 0.0317 e. The molecular weight excluding hydrogens is 148 g/mol. The number of nitrogens with zero attached hydrogens (tertiary/aromatic N) is 1. The predicted molar refractivity (Wildman–Crippen MR) is 52.8 cm³/mol. The fourth-order valence-electron chi connectivity index (χ4n) is 1.58. The van der Waals surface area contributed by atoms with Gasteiger partial charge in [-0.3, -0.25) is 4.90 Å². The molecule has 2 heteroatoms. The first-order valence-corrected chi connectivity index (χ1v) is 3.81. The Morgan fingerprint density at radius 1 is 1.25 bits per heavy atom. The highest BCUT2D eigenvalue weighted by atomic mass is 15.1. The van der Waals surface area contributed by atoms with Gasteiger partial charge in [0.2, 0.25) is 0 Å². The summed E-state index contributed by atoms with van der Waals surface area (Å²) in [6, 6.07) is 6.16. The topological polar surface area (TPSA) is 29.3 Å². The monoisotopic (exact) mass is 164 g/mol. The van der Waals surface area contributed by atoms with Crippen molar-refractivity contribution in [3.8, 4) is 0 Å². The van der Waals surface area contributed by atoms with Crippen molar-refractivity contribution in [2.75, 3.05) is 12.8 Å². The summed E-state index contributed by atoms with van der Waals surface area (Å²) in [5, 5.41) is 0. The minimum Gasteiger partial charge on any atom is -0.399 e. The molecule has 0 aromatic heterocycles.